The number of aryl methyl sites for hydroxylation is 2. The number of amides is 1. The number of carbonyl (C=O) groups is 1. The molecule has 0 bridgehead atoms. The molecule has 0 aromatic heterocycles. The van der Waals surface area contributed by atoms with Gasteiger partial charge in [-0.3, -0.25) is 4.79 Å². The second-order valence-corrected chi connectivity index (χ2v) is 5.64. The fraction of sp³-hybridized carbons (Fsp3) is 0.316. The first-order valence-electron chi connectivity index (χ1n) is 7.79. The Morgan fingerprint density at radius 3 is 2.45 bits per heavy atom. The average molecular weight is 296 g/mol. The van der Waals surface area contributed by atoms with Crippen LogP contribution in [0.1, 0.15) is 42.5 Å². The number of nitrogens with two attached hydrogens (primary N) is 1. The summed E-state index contributed by atoms with van der Waals surface area (Å²) < 4.78 is 0. The first-order valence-corrected chi connectivity index (χ1v) is 7.79. The summed E-state index contributed by atoms with van der Waals surface area (Å²) in [5.41, 5.74) is 10.1. The Morgan fingerprint density at radius 2 is 1.82 bits per heavy atom. The molecule has 0 fully saturated rings. The van der Waals surface area contributed by atoms with E-state index >= 15 is 0 Å². The Bertz CT molecular complexity index is 620. The van der Waals surface area contributed by atoms with E-state index in [0.717, 1.165) is 23.2 Å². The van der Waals surface area contributed by atoms with Crippen molar-refractivity contribution in [3.63, 3.8) is 0 Å². The molecule has 0 aliphatic rings. The highest BCUT2D eigenvalue weighted by Gasteiger charge is 2.12. The Kier molecular flexibility index (Phi) is 5.59. The Hall–Kier alpha value is -2.29. The van der Waals surface area contributed by atoms with Crippen molar-refractivity contribution >= 4 is 11.6 Å². The van der Waals surface area contributed by atoms with Crippen LogP contribution in [0.15, 0.2) is 48.5 Å². The van der Waals surface area contributed by atoms with Gasteiger partial charge >= 0.3 is 0 Å². The van der Waals surface area contributed by atoms with Gasteiger partial charge < -0.3 is 11.1 Å². The van der Waals surface area contributed by atoms with Gasteiger partial charge in [0.25, 0.3) is 0 Å². The first-order chi connectivity index (χ1) is 10.6. The van der Waals surface area contributed by atoms with E-state index in [1.165, 1.54) is 5.56 Å². The van der Waals surface area contributed by atoms with Crippen LogP contribution in [-0.2, 0) is 11.2 Å². The summed E-state index contributed by atoms with van der Waals surface area (Å²) in [5, 5.41) is 3.11. The largest absolute Gasteiger partial charge is 0.399 e. The fourth-order valence-corrected chi connectivity index (χ4v) is 2.50. The van der Waals surface area contributed by atoms with E-state index in [4.69, 9.17) is 5.73 Å². The highest BCUT2D eigenvalue weighted by Crippen LogP contribution is 2.18. The predicted octanol–water partition coefficient (Wildman–Crippen LogP) is 3.78. The Morgan fingerprint density at radius 1 is 1.14 bits per heavy atom. The molecule has 0 heterocycles. The molecule has 1 atom stereocenters. The molecule has 1 amide bonds. The van der Waals surface area contributed by atoms with Crippen LogP contribution in [0.25, 0.3) is 0 Å². The van der Waals surface area contributed by atoms with Crippen LogP contribution in [0.4, 0.5) is 5.69 Å². The molecule has 3 heteroatoms. The summed E-state index contributed by atoms with van der Waals surface area (Å²) in [6, 6.07) is 16.1. The minimum absolute atomic E-state index is 0.0654. The number of para-hydroxylation sites is 1. The lowest BCUT2D eigenvalue weighted by atomic mass is 10.0. The number of benzene rings is 2. The van der Waals surface area contributed by atoms with Gasteiger partial charge in [0, 0.05) is 12.1 Å². The number of hydrogen-bond donors (Lipinski definition) is 2. The monoisotopic (exact) mass is 296 g/mol. The molecule has 2 aromatic rings. The zero-order valence-corrected chi connectivity index (χ0v) is 13.3. The number of nitrogen functional groups attached to an aromatic ring is 1. The van der Waals surface area contributed by atoms with Gasteiger partial charge in [0.1, 0.15) is 0 Å². The van der Waals surface area contributed by atoms with Gasteiger partial charge in [-0.15, -0.1) is 0 Å². The summed E-state index contributed by atoms with van der Waals surface area (Å²) in [6.07, 6.45) is 2.00. The minimum atomic E-state index is 0.0654. The van der Waals surface area contributed by atoms with Crippen LogP contribution >= 0.6 is 0 Å². The predicted molar refractivity (Wildman–Crippen MR) is 91.5 cm³/mol. The number of nitrogens with one attached hydrogen (secondary N) is 1. The van der Waals surface area contributed by atoms with Gasteiger partial charge in [-0.25, -0.2) is 0 Å². The van der Waals surface area contributed by atoms with Gasteiger partial charge in [-0.2, -0.15) is 0 Å². The van der Waals surface area contributed by atoms with Gasteiger partial charge in [-0.05, 0) is 37.0 Å². The molecule has 0 radical (unpaired) electrons. The molecule has 0 saturated carbocycles. The SMILES string of the molecule is CCC(NC(=O)CCc1ccccc1N)c1ccc(C)cc1. The van der Waals surface area contributed by atoms with Crippen LogP contribution in [0.2, 0.25) is 0 Å². The standard InChI is InChI=1S/C19H24N2O/c1-3-18(16-10-8-14(2)9-11-16)21-19(22)13-12-15-6-4-5-7-17(15)20/h4-11,18H,3,12-13,20H2,1-2H3,(H,21,22). The van der Waals surface area contributed by atoms with Gasteiger partial charge in [-0.1, -0.05) is 55.0 Å². The first kappa shape index (κ1) is 16.1. The molecule has 3 N–H and O–H groups in total. The summed E-state index contributed by atoms with van der Waals surface area (Å²) >= 11 is 0. The molecule has 2 aromatic carbocycles. The number of rotatable bonds is 6. The van der Waals surface area contributed by atoms with E-state index in [1.807, 2.05) is 24.3 Å². The van der Waals surface area contributed by atoms with Crippen LogP contribution in [0.3, 0.4) is 0 Å². The van der Waals surface area contributed by atoms with Crippen molar-refractivity contribution in [2.45, 2.75) is 39.2 Å². The molecule has 0 aliphatic heterocycles. The molecule has 2 rings (SSSR count). The van der Waals surface area contributed by atoms with E-state index in [1.54, 1.807) is 0 Å². The van der Waals surface area contributed by atoms with Crippen LogP contribution in [0.5, 0.6) is 0 Å². The van der Waals surface area contributed by atoms with E-state index in [9.17, 15) is 4.79 Å². The normalized spacial score (nSPS) is 11.9. The van der Waals surface area contributed by atoms with Gasteiger partial charge in [0.05, 0.1) is 6.04 Å². The molecule has 3 nitrogen and oxygen atoms in total. The average Bonchev–Trinajstić information content (AvgIpc) is 2.53. The highest BCUT2D eigenvalue weighted by atomic mass is 16.1. The third-order valence-electron chi connectivity index (χ3n) is 3.90. The van der Waals surface area contributed by atoms with Crippen LogP contribution in [-0.4, -0.2) is 5.91 Å². The smallest absolute Gasteiger partial charge is 0.220 e. The van der Waals surface area contributed by atoms with Gasteiger partial charge in [0.2, 0.25) is 5.91 Å². The quantitative estimate of drug-likeness (QED) is 0.797. The van der Waals surface area contributed by atoms with Crippen molar-refractivity contribution in [1.82, 2.24) is 5.32 Å². The topological polar surface area (TPSA) is 55.1 Å². The summed E-state index contributed by atoms with van der Waals surface area (Å²) in [6.45, 7) is 4.15. The lowest BCUT2D eigenvalue weighted by Crippen LogP contribution is -2.28. The molecule has 116 valence electrons. The third kappa shape index (κ3) is 4.35. The second kappa shape index (κ2) is 7.64. The van der Waals surface area contributed by atoms with Crippen molar-refractivity contribution in [2.75, 3.05) is 5.73 Å². The van der Waals surface area contributed by atoms with Crippen molar-refractivity contribution in [1.29, 1.82) is 0 Å². The highest BCUT2D eigenvalue weighted by molar-refractivity contribution is 5.77. The van der Waals surface area contributed by atoms with Crippen molar-refractivity contribution in [3.8, 4) is 0 Å². The second-order valence-electron chi connectivity index (χ2n) is 5.64. The summed E-state index contributed by atoms with van der Waals surface area (Å²) in [7, 11) is 0. The maximum absolute atomic E-state index is 12.2. The minimum Gasteiger partial charge on any atom is -0.399 e. The Labute approximate surface area is 132 Å². The molecule has 0 aliphatic carbocycles. The van der Waals surface area contributed by atoms with E-state index in [-0.39, 0.29) is 11.9 Å². The zero-order valence-electron chi connectivity index (χ0n) is 13.3. The molecule has 1 unspecified atom stereocenters. The number of carbonyl (C=O) groups excluding carboxylic acids is 1. The zero-order chi connectivity index (χ0) is 15.9. The summed E-state index contributed by atoms with van der Waals surface area (Å²) in [5.74, 6) is 0.0654. The maximum atomic E-state index is 12.2. The maximum Gasteiger partial charge on any atom is 0.220 e. The molecule has 0 saturated heterocycles. The van der Waals surface area contributed by atoms with Crippen molar-refractivity contribution < 1.29 is 4.79 Å². The van der Waals surface area contributed by atoms with Crippen LogP contribution in [0, 0.1) is 6.92 Å². The molecule has 0 spiro atoms. The van der Waals surface area contributed by atoms with E-state index < -0.39 is 0 Å². The number of hydrogen-bond acceptors (Lipinski definition) is 2. The van der Waals surface area contributed by atoms with E-state index in [0.29, 0.717) is 12.8 Å². The third-order valence-corrected chi connectivity index (χ3v) is 3.90. The van der Waals surface area contributed by atoms with E-state index in [2.05, 4.69) is 43.4 Å². The molecular weight excluding hydrogens is 272 g/mol. The molecule has 22 heavy (non-hydrogen) atoms. The van der Waals surface area contributed by atoms with Gasteiger partial charge in [0.15, 0.2) is 0 Å². The van der Waals surface area contributed by atoms with Crippen molar-refractivity contribution in [3.05, 3.63) is 65.2 Å². The number of anilines is 1. The lowest BCUT2D eigenvalue weighted by Gasteiger charge is -2.18. The fourth-order valence-electron chi connectivity index (χ4n) is 2.50. The Balaban J connectivity index is 1.92. The van der Waals surface area contributed by atoms with Crippen LogP contribution < -0.4 is 11.1 Å². The lowest BCUT2D eigenvalue weighted by molar-refractivity contribution is -0.121. The molecular formula is C19H24N2O. The summed E-state index contributed by atoms with van der Waals surface area (Å²) in [4.78, 5) is 12.2. The van der Waals surface area contributed by atoms with Crippen molar-refractivity contribution in [2.24, 2.45) is 0 Å².